The van der Waals surface area contributed by atoms with Crippen molar-refractivity contribution in [3.8, 4) is 0 Å². The van der Waals surface area contributed by atoms with Crippen LogP contribution in [0.3, 0.4) is 0 Å². The Labute approximate surface area is 192 Å². The molecule has 3 heterocycles. The molecule has 2 aromatic heterocycles. The Balaban J connectivity index is 1.76. The van der Waals surface area contributed by atoms with E-state index in [9.17, 15) is 23.3 Å². The highest BCUT2D eigenvalue weighted by Gasteiger charge is 2.29. The molecule has 13 heteroatoms. The number of nitro benzene ring substituents is 1. The molecule has 0 unspecified atom stereocenters. The minimum Gasteiger partial charge on any atom is -0.379 e. The number of hydrogen-bond donors (Lipinski definition) is 0. The summed E-state index contributed by atoms with van der Waals surface area (Å²) in [6.07, 6.45) is 0. The number of ether oxygens (including phenoxy) is 1. The first-order chi connectivity index (χ1) is 15.1. The molecule has 170 valence electrons. The van der Waals surface area contributed by atoms with E-state index in [4.69, 9.17) is 4.74 Å². The Morgan fingerprint density at radius 3 is 2.59 bits per heavy atom. The van der Waals surface area contributed by atoms with Gasteiger partial charge in [0.05, 0.1) is 33.3 Å². The first kappa shape index (κ1) is 22.9. The van der Waals surface area contributed by atoms with Crippen LogP contribution in [0.15, 0.2) is 37.9 Å². The zero-order valence-electron chi connectivity index (χ0n) is 17.5. The molecule has 3 aromatic rings. The molecule has 0 spiro atoms. The zero-order valence-corrected chi connectivity index (χ0v) is 20.0. The van der Waals surface area contributed by atoms with Crippen molar-refractivity contribution in [3.05, 3.63) is 49.1 Å². The number of nitrogens with zero attached hydrogens (tertiary/aromatic N) is 4. The van der Waals surface area contributed by atoms with Gasteiger partial charge in [-0.15, -0.1) is 11.3 Å². The molecule has 1 aliphatic heterocycles. The third-order valence-corrected chi connectivity index (χ3v) is 9.41. The summed E-state index contributed by atoms with van der Waals surface area (Å²) >= 11 is 2.35. The van der Waals surface area contributed by atoms with Crippen LogP contribution < -0.4 is 5.56 Å². The predicted octanol–water partition coefficient (Wildman–Crippen LogP) is 2.69. The summed E-state index contributed by atoms with van der Waals surface area (Å²) in [4.78, 5) is 30.1. The highest BCUT2D eigenvalue weighted by Crippen LogP contribution is 2.37. The molecule has 1 aliphatic rings. The Kier molecular flexibility index (Phi) is 6.11. The van der Waals surface area contributed by atoms with Crippen LogP contribution in [-0.4, -0.2) is 53.5 Å². The molecule has 0 radical (unpaired) electrons. The van der Waals surface area contributed by atoms with E-state index in [0.717, 1.165) is 28.3 Å². The number of hydrogen-bond acceptors (Lipinski definition) is 9. The molecule has 0 amide bonds. The Bertz CT molecular complexity index is 1390. The molecule has 4 rings (SSSR count). The van der Waals surface area contributed by atoms with E-state index in [0.29, 0.717) is 10.2 Å². The van der Waals surface area contributed by atoms with Gasteiger partial charge >= 0.3 is 0 Å². The summed E-state index contributed by atoms with van der Waals surface area (Å²) in [5.41, 5.74) is 0.282. The van der Waals surface area contributed by atoms with E-state index < -0.39 is 14.9 Å². The van der Waals surface area contributed by atoms with Gasteiger partial charge in [0.1, 0.15) is 4.83 Å². The van der Waals surface area contributed by atoms with Crippen LogP contribution in [-0.2, 0) is 21.8 Å². The minimum absolute atomic E-state index is 0.155. The van der Waals surface area contributed by atoms with Gasteiger partial charge in [-0.1, -0.05) is 0 Å². The van der Waals surface area contributed by atoms with E-state index in [1.807, 2.05) is 13.8 Å². The van der Waals surface area contributed by atoms with Crippen molar-refractivity contribution < 1.29 is 18.1 Å². The monoisotopic (exact) mass is 496 g/mol. The smallest absolute Gasteiger partial charge is 0.284 e. The Morgan fingerprint density at radius 1 is 1.25 bits per heavy atom. The molecule has 0 saturated carbocycles. The number of fused-ring (bicyclic) bond motifs is 1. The molecular weight excluding hydrogens is 476 g/mol. The van der Waals surface area contributed by atoms with Crippen molar-refractivity contribution in [2.45, 2.75) is 28.8 Å². The third kappa shape index (κ3) is 3.94. The number of morpholine rings is 1. The maximum atomic E-state index is 12.9. The lowest BCUT2D eigenvalue weighted by atomic mass is 10.2. The zero-order chi connectivity index (χ0) is 23.2. The van der Waals surface area contributed by atoms with Crippen LogP contribution in [0.4, 0.5) is 5.69 Å². The number of rotatable bonds is 5. The van der Waals surface area contributed by atoms with Crippen LogP contribution in [0.25, 0.3) is 10.2 Å². The maximum Gasteiger partial charge on any atom is 0.284 e. The van der Waals surface area contributed by atoms with Crippen LogP contribution in [0.1, 0.15) is 10.4 Å². The third-order valence-electron chi connectivity index (χ3n) is 5.31. The normalized spacial score (nSPS) is 15.3. The largest absolute Gasteiger partial charge is 0.379 e. The highest BCUT2D eigenvalue weighted by atomic mass is 32.2. The maximum absolute atomic E-state index is 12.9. The van der Waals surface area contributed by atoms with Crippen molar-refractivity contribution in [1.82, 2.24) is 13.9 Å². The Hall–Kier alpha value is -2.32. The topological polar surface area (TPSA) is 125 Å². The molecule has 0 bridgehead atoms. The SMILES string of the molecule is Cc1sc2nc(Sc3ccc(S(=O)(=O)N4CCOCC4)cc3[N+](=O)[O-])n(C)c(=O)c2c1C. The van der Waals surface area contributed by atoms with Crippen molar-refractivity contribution in [2.24, 2.45) is 7.05 Å². The summed E-state index contributed by atoms with van der Waals surface area (Å²) in [5.74, 6) is 0. The summed E-state index contributed by atoms with van der Waals surface area (Å²) in [5, 5.41) is 12.6. The molecule has 0 N–H and O–H groups in total. The number of thiophene rings is 1. The van der Waals surface area contributed by atoms with Crippen molar-refractivity contribution in [2.75, 3.05) is 26.3 Å². The van der Waals surface area contributed by atoms with Crippen molar-refractivity contribution in [1.29, 1.82) is 0 Å². The highest BCUT2D eigenvalue weighted by molar-refractivity contribution is 7.99. The molecule has 0 atom stereocenters. The first-order valence-electron chi connectivity index (χ1n) is 9.62. The fraction of sp³-hybridized carbons (Fsp3) is 0.368. The van der Waals surface area contributed by atoms with Gasteiger partial charge in [-0.25, -0.2) is 13.4 Å². The van der Waals surface area contributed by atoms with Gasteiger partial charge in [0.25, 0.3) is 11.2 Å². The van der Waals surface area contributed by atoms with Gasteiger partial charge in [0.2, 0.25) is 10.0 Å². The van der Waals surface area contributed by atoms with Crippen LogP contribution in [0, 0.1) is 24.0 Å². The first-order valence-corrected chi connectivity index (χ1v) is 12.7. The minimum atomic E-state index is -3.88. The number of aryl methyl sites for hydroxylation is 2. The fourth-order valence-corrected chi connectivity index (χ4v) is 6.80. The molecule has 1 fully saturated rings. The second kappa shape index (κ2) is 8.56. The van der Waals surface area contributed by atoms with Crippen molar-refractivity contribution >= 4 is 49.0 Å². The second-order valence-electron chi connectivity index (χ2n) is 7.23. The number of benzene rings is 1. The Morgan fingerprint density at radius 2 is 1.94 bits per heavy atom. The van der Waals surface area contributed by atoms with E-state index in [1.165, 1.54) is 32.3 Å². The predicted molar refractivity (Wildman–Crippen MR) is 121 cm³/mol. The number of nitro groups is 1. The number of sulfonamides is 1. The van der Waals surface area contributed by atoms with E-state index in [2.05, 4.69) is 4.98 Å². The van der Waals surface area contributed by atoms with Gasteiger partial charge in [0, 0.05) is 31.1 Å². The second-order valence-corrected chi connectivity index (χ2v) is 11.4. The van der Waals surface area contributed by atoms with E-state index in [1.54, 1.807) is 7.05 Å². The standard InChI is InChI=1S/C19H20N4O6S3/c1-11-12(2)30-17-16(11)18(24)21(3)19(20-17)31-15-5-4-13(10-14(15)23(25)26)32(27,28)22-6-8-29-9-7-22/h4-5,10H,6-9H2,1-3H3. The average molecular weight is 497 g/mol. The molecular formula is C19H20N4O6S3. The van der Waals surface area contributed by atoms with E-state index in [-0.39, 0.29) is 52.5 Å². The van der Waals surface area contributed by atoms with Crippen LogP contribution in [0.2, 0.25) is 0 Å². The summed E-state index contributed by atoms with van der Waals surface area (Å²) in [7, 11) is -2.32. The molecule has 0 aliphatic carbocycles. The summed E-state index contributed by atoms with van der Waals surface area (Å²) < 4.78 is 33.6. The van der Waals surface area contributed by atoms with Crippen molar-refractivity contribution in [3.63, 3.8) is 0 Å². The quantitative estimate of drug-likeness (QED) is 0.300. The van der Waals surface area contributed by atoms with Crippen LogP contribution >= 0.6 is 23.1 Å². The summed E-state index contributed by atoms with van der Waals surface area (Å²) in [6, 6.07) is 3.79. The molecule has 10 nitrogen and oxygen atoms in total. The molecule has 32 heavy (non-hydrogen) atoms. The lowest BCUT2D eigenvalue weighted by Gasteiger charge is -2.26. The van der Waals surface area contributed by atoms with E-state index >= 15 is 0 Å². The van der Waals surface area contributed by atoms with Gasteiger partial charge < -0.3 is 4.74 Å². The lowest BCUT2D eigenvalue weighted by molar-refractivity contribution is -0.388. The van der Waals surface area contributed by atoms with Crippen LogP contribution in [0.5, 0.6) is 0 Å². The van der Waals surface area contributed by atoms with Gasteiger partial charge in [-0.3, -0.25) is 19.5 Å². The average Bonchev–Trinajstić information content (AvgIpc) is 3.05. The van der Waals surface area contributed by atoms with Gasteiger partial charge in [0.15, 0.2) is 5.16 Å². The lowest BCUT2D eigenvalue weighted by Crippen LogP contribution is -2.40. The molecule has 1 aromatic carbocycles. The fourth-order valence-electron chi connectivity index (χ4n) is 3.37. The molecule has 1 saturated heterocycles. The number of aromatic nitrogens is 2. The van der Waals surface area contributed by atoms with Gasteiger partial charge in [-0.05, 0) is 43.3 Å². The van der Waals surface area contributed by atoms with Gasteiger partial charge in [-0.2, -0.15) is 4.31 Å². The summed E-state index contributed by atoms with van der Waals surface area (Å²) in [6.45, 7) is 4.71.